The van der Waals surface area contributed by atoms with Crippen molar-refractivity contribution in [3.05, 3.63) is 17.5 Å². The summed E-state index contributed by atoms with van der Waals surface area (Å²) in [5, 5.41) is 13.8. The van der Waals surface area contributed by atoms with E-state index in [1.165, 1.54) is 11.8 Å². The number of aromatic nitrogens is 2. The lowest BCUT2D eigenvalue weighted by Gasteiger charge is -2.05. The molecule has 0 aromatic carbocycles. The molecule has 5 heteroatoms. The van der Waals surface area contributed by atoms with E-state index in [4.69, 9.17) is 0 Å². The zero-order valence-corrected chi connectivity index (χ0v) is 8.15. The maximum absolute atomic E-state index is 11.3. The van der Waals surface area contributed by atoms with Crippen molar-refractivity contribution >= 4 is 5.97 Å². The second-order valence-electron chi connectivity index (χ2n) is 3.59. The Kier molecular flexibility index (Phi) is 1.85. The summed E-state index contributed by atoms with van der Waals surface area (Å²) < 4.78 is 6.10. The minimum absolute atomic E-state index is 0.218. The summed E-state index contributed by atoms with van der Waals surface area (Å²) in [5.74, 6) is -0.499. The molecule has 0 amide bonds. The first kappa shape index (κ1) is 9.21. The van der Waals surface area contributed by atoms with Crippen molar-refractivity contribution in [1.82, 2.24) is 9.78 Å². The number of aryl methyl sites for hydroxylation is 1. The van der Waals surface area contributed by atoms with Crippen molar-refractivity contribution in [3.63, 3.8) is 0 Å². The van der Waals surface area contributed by atoms with Gasteiger partial charge < -0.3 is 9.84 Å². The summed E-state index contributed by atoms with van der Waals surface area (Å²) >= 11 is 0. The van der Waals surface area contributed by atoms with Gasteiger partial charge in [0.05, 0.1) is 12.7 Å². The van der Waals surface area contributed by atoms with Gasteiger partial charge in [-0.25, -0.2) is 4.79 Å². The molecule has 0 bridgehead atoms. The van der Waals surface area contributed by atoms with Crippen molar-refractivity contribution in [1.29, 1.82) is 0 Å². The fourth-order valence-electron chi connectivity index (χ4n) is 1.46. The zero-order chi connectivity index (χ0) is 10.3. The van der Waals surface area contributed by atoms with E-state index in [0.717, 1.165) is 0 Å². The fraction of sp³-hybridized carbons (Fsp3) is 0.556. The molecule has 1 aromatic heterocycles. The Morgan fingerprint density at radius 1 is 1.71 bits per heavy atom. The van der Waals surface area contributed by atoms with Gasteiger partial charge in [-0.1, -0.05) is 0 Å². The molecule has 0 spiro atoms. The lowest BCUT2D eigenvalue weighted by Crippen LogP contribution is -2.12. The molecule has 1 aliphatic carbocycles. The topological polar surface area (TPSA) is 64.3 Å². The van der Waals surface area contributed by atoms with E-state index in [9.17, 15) is 9.90 Å². The van der Waals surface area contributed by atoms with Crippen molar-refractivity contribution in [2.75, 3.05) is 7.11 Å². The van der Waals surface area contributed by atoms with Gasteiger partial charge in [0.2, 0.25) is 0 Å². The number of carbonyl (C=O) groups is 1. The van der Waals surface area contributed by atoms with E-state index in [1.54, 1.807) is 13.2 Å². The first-order chi connectivity index (χ1) is 6.57. The molecule has 0 saturated heterocycles. The van der Waals surface area contributed by atoms with E-state index < -0.39 is 11.6 Å². The molecule has 1 saturated carbocycles. The number of esters is 1. The van der Waals surface area contributed by atoms with Crippen LogP contribution in [0, 0.1) is 0 Å². The van der Waals surface area contributed by atoms with Crippen LogP contribution in [0.25, 0.3) is 0 Å². The quantitative estimate of drug-likeness (QED) is 0.686. The Morgan fingerprint density at radius 2 is 2.36 bits per heavy atom. The molecule has 1 aliphatic rings. The van der Waals surface area contributed by atoms with Gasteiger partial charge in [0.15, 0.2) is 5.69 Å². The number of aliphatic hydroxyl groups is 1. The molecule has 0 radical (unpaired) electrons. The summed E-state index contributed by atoms with van der Waals surface area (Å²) in [7, 11) is 3.01. The van der Waals surface area contributed by atoms with Crippen molar-refractivity contribution in [3.8, 4) is 0 Å². The highest BCUT2D eigenvalue weighted by atomic mass is 16.5. The molecular weight excluding hydrogens is 184 g/mol. The molecule has 1 fully saturated rings. The van der Waals surface area contributed by atoms with Crippen LogP contribution in [0.4, 0.5) is 0 Å². The predicted molar refractivity (Wildman–Crippen MR) is 47.7 cm³/mol. The van der Waals surface area contributed by atoms with Crippen LogP contribution in [-0.4, -0.2) is 28.0 Å². The van der Waals surface area contributed by atoms with E-state index in [0.29, 0.717) is 18.4 Å². The predicted octanol–water partition coefficient (Wildman–Crippen LogP) is 0.188. The fourth-order valence-corrected chi connectivity index (χ4v) is 1.46. The number of methoxy groups -OCH3 is 1. The van der Waals surface area contributed by atoms with Crippen LogP contribution in [-0.2, 0) is 17.4 Å². The molecule has 0 atom stereocenters. The smallest absolute Gasteiger partial charge is 0.358 e. The number of ether oxygens (including phenoxy) is 1. The van der Waals surface area contributed by atoms with Crippen LogP contribution in [0.2, 0.25) is 0 Å². The Morgan fingerprint density at radius 3 is 2.86 bits per heavy atom. The van der Waals surface area contributed by atoms with Gasteiger partial charge in [-0.05, 0) is 12.8 Å². The molecular formula is C9H12N2O3. The van der Waals surface area contributed by atoms with Gasteiger partial charge in [0.25, 0.3) is 0 Å². The standard InChI is InChI=1S/C9H12N2O3/c1-11-5-6(9(13)3-4-9)7(10-11)8(12)14-2/h5,13H,3-4H2,1-2H3. The number of nitrogens with zero attached hydrogens (tertiary/aromatic N) is 2. The van der Waals surface area contributed by atoms with Crippen LogP contribution < -0.4 is 0 Å². The average Bonchev–Trinajstić information content (AvgIpc) is 2.77. The summed E-state index contributed by atoms with van der Waals surface area (Å²) in [6.45, 7) is 0. The summed E-state index contributed by atoms with van der Waals surface area (Å²) in [6.07, 6.45) is 3.03. The number of carbonyl (C=O) groups excluding carboxylic acids is 1. The Labute approximate surface area is 81.3 Å². The molecule has 5 nitrogen and oxygen atoms in total. The maximum atomic E-state index is 11.3. The van der Waals surface area contributed by atoms with Crippen LogP contribution in [0.1, 0.15) is 28.9 Å². The molecule has 76 valence electrons. The van der Waals surface area contributed by atoms with Crippen LogP contribution in [0.5, 0.6) is 0 Å². The maximum Gasteiger partial charge on any atom is 0.358 e. The second kappa shape index (κ2) is 2.81. The number of hydrogen-bond donors (Lipinski definition) is 1. The van der Waals surface area contributed by atoms with Crippen molar-refractivity contribution < 1.29 is 14.6 Å². The van der Waals surface area contributed by atoms with Gasteiger partial charge in [0.1, 0.15) is 0 Å². The second-order valence-corrected chi connectivity index (χ2v) is 3.59. The average molecular weight is 196 g/mol. The normalized spacial score (nSPS) is 17.9. The van der Waals surface area contributed by atoms with Gasteiger partial charge in [-0.2, -0.15) is 5.10 Å². The molecule has 1 aromatic rings. The largest absolute Gasteiger partial charge is 0.464 e. The van der Waals surface area contributed by atoms with E-state index >= 15 is 0 Å². The zero-order valence-electron chi connectivity index (χ0n) is 8.15. The lowest BCUT2D eigenvalue weighted by atomic mass is 10.1. The minimum atomic E-state index is -0.849. The Hall–Kier alpha value is -1.36. The molecule has 0 unspecified atom stereocenters. The van der Waals surface area contributed by atoms with E-state index in [1.807, 2.05) is 0 Å². The van der Waals surface area contributed by atoms with Gasteiger partial charge in [0, 0.05) is 18.8 Å². The van der Waals surface area contributed by atoms with Gasteiger partial charge in [-0.15, -0.1) is 0 Å². The summed E-state index contributed by atoms with van der Waals surface area (Å²) in [4.78, 5) is 11.3. The Balaban J connectivity index is 2.43. The molecule has 14 heavy (non-hydrogen) atoms. The third-order valence-corrected chi connectivity index (χ3v) is 2.43. The van der Waals surface area contributed by atoms with E-state index in [2.05, 4.69) is 9.84 Å². The monoisotopic (exact) mass is 196 g/mol. The number of rotatable bonds is 2. The van der Waals surface area contributed by atoms with Crippen LogP contribution >= 0.6 is 0 Å². The first-order valence-electron chi connectivity index (χ1n) is 4.41. The Bertz CT molecular complexity index is 379. The number of hydrogen-bond acceptors (Lipinski definition) is 4. The summed E-state index contributed by atoms with van der Waals surface area (Å²) in [6, 6.07) is 0. The van der Waals surface area contributed by atoms with Crippen LogP contribution in [0.3, 0.4) is 0 Å². The summed E-state index contributed by atoms with van der Waals surface area (Å²) in [5.41, 5.74) is -0.0560. The highest BCUT2D eigenvalue weighted by molar-refractivity contribution is 5.89. The lowest BCUT2D eigenvalue weighted by molar-refractivity contribution is 0.0582. The highest BCUT2D eigenvalue weighted by Gasteiger charge is 2.46. The molecule has 1 heterocycles. The van der Waals surface area contributed by atoms with Crippen molar-refractivity contribution in [2.45, 2.75) is 18.4 Å². The highest BCUT2D eigenvalue weighted by Crippen LogP contribution is 2.46. The van der Waals surface area contributed by atoms with E-state index in [-0.39, 0.29) is 5.69 Å². The minimum Gasteiger partial charge on any atom is -0.464 e. The van der Waals surface area contributed by atoms with Crippen LogP contribution in [0.15, 0.2) is 6.20 Å². The molecule has 1 N–H and O–H groups in total. The molecule has 2 rings (SSSR count). The van der Waals surface area contributed by atoms with Crippen molar-refractivity contribution in [2.24, 2.45) is 7.05 Å². The van der Waals surface area contributed by atoms with Gasteiger partial charge >= 0.3 is 5.97 Å². The third-order valence-electron chi connectivity index (χ3n) is 2.43. The SMILES string of the molecule is COC(=O)c1nn(C)cc1C1(O)CC1. The first-order valence-corrected chi connectivity index (χ1v) is 4.41. The van der Waals surface area contributed by atoms with Gasteiger partial charge in [-0.3, -0.25) is 4.68 Å². The third kappa shape index (κ3) is 1.29. The molecule has 0 aliphatic heterocycles.